The van der Waals surface area contributed by atoms with E-state index in [4.69, 9.17) is 9.47 Å². The molecular formula is C29H46O7. The van der Waals surface area contributed by atoms with Gasteiger partial charge in [0.1, 0.15) is 11.7 Å². The number of fused-ring (bicyclic) bond motifs is 2. The summed E-state index contributed by atoms with van der Waals surface area (Å²) in [5.41, 5.74) is -0.206. The van der Waals surface area contributed by atoms with Crippen molar-refractivity contribution in [2.24, 2.45) is 17.8 Å². The van der Waals surface area contributed by atoms with Crippen molar-refractivity contribution in [2.45, 2.75) is 109 Å². The quantitative estimate of drug-likeness (QED) is 0.338. The van der Waals surface area contributed by atoms with Crippen LogP contribution in [0.15, 0.2) is 48.1 Å². The highest BCUT2D eigenvalue weighted by atomic mass is 16.6. The second-order valence-corrected chi connectivity index (χ2v) is 11.2. The van der Waals surface area contributed by atoms with E-state index in [9.17, 15) is 25.2 Å². The second-order valence-electron chi connectivity index (χ2n) is 11.2. The second kappa shape index (κ2) is 12.7. The molecule has 0 aromatic carbocycles. The molecule has 1 saturated heterocycles. The van der Waals surface area contributed by atoms with Crippen molar-refractivity contribution >= 4 is 5.97 Å². The maximum absolute atomic E-state index is 12.8. The number of allylic oxidation sites excluding steroid dienone is 1. The van der Waals surface area contributed by atoms with Gasteiger partial charge in [-0.25, -0.2) is 4.79 Å². The van der Waals surface area contributed by atoms with E-state index in [1.165, 1.54) is 19.1 Å². The van der Waals surface area contributed by atoms with E-state index >= 15 is 0 Å². The lowest BCUT2D eigenvalue weighted by molar-refractivity contribution is -0.305. The maximum atomic E-state index is 12.8. The maximum Gasteiger partial charge on any atom is 0.330 e. The van der Waals surface area contributed by atoms with E-state index < -0.39 is 41.8 Å². The van der Waals surface area contributed by atoms with Crippen molar-refractivity contribution in [1.29, 1.82) is 0 Å². The minimum atomic E-state index is -1.84. The van der Waals surface area contributed by atoms with Crippen LogP contribution < -0.4 is 0 Å². The first-order valence-corrected chi connectivity index (χ1v) is 13.0. The van der Waals surface area contributed by atoms with E-state index in [0.717, 1.165) is 5.57 Å². The van der Waals surface area contributed by atoms with Gasteiger partial charge in [0.25, 0.3) is 0 Å². The van der Waals surface area contributed by atoms with Gasteiger partial charge in [-0.15, -0.1) is 0 Å². The Kier molecular flexibility index (Phi) is 10.7. The highest BCUT2D eigenvalue weighted by Crippen LogP contribution is 2.39. The monoisotopic (exact) mass is 506 g/mol. The van der Waals surface area contributed by atoms with Crippen LogP contribution in [-0.4, -0.2) is 62.2 Å². The molecule has 7 heteroatoms. The molecule has 0 aromatic heterocycles. The van der Waals surface area contributed by atoms with Crippen LogP contribution in [0.1, 0.15) is 73.6 Å². The minimum absolute atomic E-state index is 0.0922. The topological polar surface area (TPSA) is 116 Å². The lowest BCUT2D eigenvalue weighted by Crippen LogP contribution is -2.56. The minimum Gasteiger partial charge on any atom is -0.459 e. The number of cyclic esters (lactones) is 1. The summed E-state index contributed by atoms with van der Waals surface area (Å²) in [6.45, 7) is 14.7. The van der Waals surface area contributed by atoms with Crippen molar-refractivity contribution in [3.8, 4) is 0 Å². The molecule has 0 radical (unpaired) electrons. The molecule has 2 aliphatic rings. The highest BCUT2D eigenvalue weighted by molar-refractivity contribution is 5.83. The van der Waals surface area contributed by atoms with E-state index in [-0.39, 0.29) is 24.2 Å². The van der Waals surface area contributed by atoms with E-state index in [0.29, 0.717) is 31.3 Å². The predicted octanol–water partition coefficient (Wildman–Crippen LogP) is 3.97. The van der Waals surface area contributed by atoms with Gasteiger partial charge in [0.2, 0.25) is 5.79 Å². The Labute approximate surface area is 216 Å². The van der Waals surface area contributed by atoms with E-state index in [2.05, 4.69) is 6.58 Å². The third-order valence-electron chi connectivity index (χ3n) is 7.75. The van der Waals surface area contributed by atoms with Crippen molar-refractivity contribution in [3.05, 3.63) is 48.1 Å². The SMILES string of the molecule is C=C1C[C@@H]2C/C=C\[C@H](O)[C@H](C)/C(C)=C\C(=O)O[C@H](C[C@H](C)[C@H](C)O)[C@@H](C)C/C=C\[C@@](C)(O)[C@](O)(C1)O2. The molecule has 36 heavy (non-hydrogen) atoms. The van der Waals surface area contributed by atoms with Crippen LogP contribution >= 0.6 is 0 Å². The molecule has 1 fully saturated rings. The smallest absolute Gasteiger partial charge is 0.330 e. The Bertz CT molecular complexity index is 856. The zero-order valence-electron chi connectivity index (χ0n) is 22.7. The van der Waals surface area contributed by atoms with Crippen LogP contribution in [-0.2, 0) is 14.3 Å². The first kappa shape index (κ1) is 30.5. The molecule has 204 valence electrons. The van der Waals surface area contributed by atoms with Crippen LogP contribution in [0.4, 0.5) is 0 Å². The molecule has 9 atom stereocenters. The number of hydrogen-bond acceptors (Lipinski definition) is 7. The summed E-state index contributed by atoms with van der Waals surface area (Å²) in [5, 5.41) is 43.1. The van der Waals surface area contributed by atoms with Gasteiger partial charge in [-0.1, -0.05) is 62.8 Å². The Morgan fingerprint density at radius 1 is 1.19 bits per heavy atom. The molecule has 0 amide bonds. The number of hydrogen-bond donors (Lipinski definition) is 4. The molecule has 2 bridgehead atoms. The number of ether oxygens (including phenoxy) is 2. The van der Waals surface area contributed by atoms with Gasteiger partial charge < -0.3 is 29.9 Å². The van der Waals surface area contributed by atoms with Crippen molar-refractivity contribution in [3.63, 3.8) is 0 Å². The first-order chi connectivity index (χ1) is 16.6. The third-order valence-corrected chi connectivity index (χ3v) is 7.75. The highest BCUT2D eigenvalue weighted by Gasteiger charge is 2.49. The average molecular weight is 507 g/mol. The van der Waals surface area contributed by atoms with Gasteiger partial charge >= 0.3 is 5.97 Å². The van der Waals surface area contributed by atoms with Crippen LogP contribution in [0.5, 0.6) is 0 Å². The zero-order chi connectivity index (χ0) is 27.3. The fourth-order valence-corrected chi connectivity index (χ4v) is 4.58. The lowest BCUT2D eigenvalue weighted by Gasteiger charge is -2.45. The summed E-state index contributed by atoms with van der Waals surface area (Å²) in [6.07, 6.45) is 7.94. The lowest BCUT2D eigenvalue weighted by atomic mass is 9.83. The van der Waals surface area contributed by atoms with Crippen molar-refractivity contribution in [1.82, 2.24) is 0 Å². The number of rotatable bonds is 3. The Morgan fingerprint density at radius 2 is 1.86 bits per heavy atom. The van der Waals surface area contributed by atoms with Gasteiger partial charge in [0.05, 0.1) is 18.3 Å². The zero-order valence-corrected chi connectivity index (χ0v) is 22.7. The standard InChI is InChI=1S/C29H46O7/c1-18-14-24-11-8-12-25(31)22(5)20(3)16-27(32)35-26(15-21(4)23(6)30)19(2)10-9-13-28(7,33)29(34,17-18)36-24/h8-9,12-13,16,19,21-26,30-31,33-34H,1,10-11,14-15,17H2,2-7H3/b12-8-,13-9-,20-16-/t19-,21-,22+,23-,24-,25-,26+,28+,29-/m0/s1. The summed E-state index contributed by atoms with van der Waals surface area (Å²) in [5.74, 6) is -2.86. The van der Waals surface area contributed by atoms with Crippen molar-refractivity contribution in [2.75, 3.05) is 0 Å². The largest absolute Gasteiger partial charge is 0.459 e. The third kappa shape index (κ3) is 8.12. The van der Waals surface area contributed by atoms with Gasteiger partial charge in [-0.05, 0) is 58.3 Å². The molecule has 2 heterocycles. The molecule has 0 spiro atoms. The van der Waals surface area contributed by atoms with Crippen LogP contribution in [0.25, 0.3) is 0 Å². The normalized spacial score (nSPS) is 42.2. The molecule has 0 aliphatic carbocycles. The van der Waals surface area contributed by atoms with Crippen LogP contribution in [0.3, 0.4) is 0 Å². The molecule has 0 unspecified atom stereocenters. The summed E-state index contributed by atoms with van der Waals surface area (Å²) in [6, 6.07) is 0. The fourth-order valence-electron chi connectivity index (χ4n) is 4.58. The van der Waals surface area contributed by atoms with Gasteiger partial charge in [0.15, 0.2) is 0 Å². The molecular weight excluding hydrogens is 460 g/mol. The summed E-state index contributed by atoms with van der Waals surface area (Å²) in [7, 11) is 0. The van der Waals surface area contributed by atoms with E-state index in [1.54, 1.807) is 32.1 Å². The van der Waals surface area contributed by atoms with Crippen molar-refractivity contribution < 1.29 is 34.7 Å². The van der Waals surface area contributed by atoms with Crippen LogP contribution in [0.2, 0.25) is 0 Å². The Hall–Kier alpha value is -1.77. The molecule has 2 rings (SSSR count). The first-order valence-electron chi connectivity index (χ1n) is 13.0. The molecule has 0 saturated carbocycles. The molecule has 7 nitrogen and oxygen atoms in total. The van der Waals surface area contributed by atoms with Gasteiger partial charge in [0, 0.05) is 18.4 Å². The number of carbonyl (C=O) groups excluding carboxylic acids is 1. The van der Waals surface area contributed by atoms with Gasteiger partial charge in [-0.3, -0.25) is 0 Å². The number of esters is 1. The number of aliphatic hydroxyl groups is 4. The number of aliphatic hydroxyl groups excluding tert-OH is 2. The van der Waals surface area contributed by atoms with Gasteiger partial charge in [-0.2, -0.15) is 0 Å². The summed E-state index contributed by atoms with van der Waals surface area (Å²) < 4.78 is 11.8. The Balaban J connectivity index is 2.41. The van der Waals surface area contributed by atoms with Crippen LogP contribution in [0, 0.1) is 17.8 Å². The predicted molar refractivity (Wildman–Crippen MR) is 140 cm³/mol. The Morgan fingerprint density at radius 3 is 2.50 bits per heavy atom. The van der Waals surface area contributed by atoms with E-state index in [1.807, 2.05) is 20.8 Å². The summed E-state index contributed by atoms with van der Waals surface area (Å²) >= 11 is 0. The fraction of sp³-hybridized carbons (Fsp3) is 0.690. The summed E-state index contributed by atoms with van der Waals surface area (Å²) in [4.78, 5) is 12.8. The average Bonchev–Trinajstić information content (AvgIpc) is 2.76. The molecule has 4 N–H and O–H groups in total. The molecule has 2 aliphatic heterocycles. The number of carbonyl (C=O) groups is 1. The molecule has 0 aromatic rings.